The first-order valence-corrected chi connectivity index (χ1v) is 5.60. The number of aryl methyl sites for hydroxylation is 1. The molecule has 0 fully saturated rings. The maximum Gasteiger partial charge on any atom is 0.234 e. The molecule has 5 heteroatoms. The van der Waals surface area contributed by atoms with Gasteiger partial charge in [0.1, 0.15) is 11.4 Å². The molecule has 1 rings (SSSR count). The van der Waals surface area contributed by atoms with Crippen LogP contribution in [0.15, 0.2) is 6.20 Å². The average molecular weight is 223 g/mol. The van der Waals surface area contributed by atoms with Gasteiger partial charge in [0, 0.05) is 11.1 Å². The van der Waals surface area contributed by atoms with Crippen LogP contribution < -0.4 is 5.32 Å². The lowest BCUT2D eigenvalue weighted by Crippen LogP contribution is -2.25. The number of nitrogens with zero attached hydrogens (tertiary/aromatic N) is 2. The summed E-state index contributed by atoms with van der Waals surface area (Å²) >= 11 is 1.59. The van der Waals surface area contributed by atoms with Crippen molar-refractivity contribution >= 4 is 17.2 Å². The van der Waals surface area contributed by atoms with Crippen molar-refractivity contribution in [1.82, 2.24) is 10.3 Å². The van der Waals surface area contributed by atoms with Crippen LogP contribution in [0.3, 0.4) is 0 Å². The second-order valence-corrected chi connectivity index (χ2v) is 4.29. The number of hydrogen-bond acceptors (Lipinski definition) is 4. The summed E-state index contributed by atoms with van der Waals surface area (Å²) in [5.74, 6) is -0.252. The van der Waals surface area contributed by atoms with Gasteiger partial charge < -0.3 is 5.32 Å². The molecule has 0 aromatic carbocycles. The van der Waals surface area contributed by atoms with Crippen LogP contribution in [0.2, 0.25) is 0 Å². The molecule has 0 aliphatic rings. The number of rotatable bonds is 4. The molecule has 1 aromatic rings. The van der Waals surface area contributed by atoms with Crippen molar-refractivity contribution in [2.24, 2.45) is 0 Å². The summed E-state index contributed by atoms with van der Waals surface area (Å²) in [6.45, 7) is 3.93. The van der Waals surface area contributed by atoms with E-state index in [2.05, 4.69) is 17.2 Å². The van der Waals surface area contributed by atoms with E-state index in [4.69, 9.17) is 5.26 Å². The second-order valence-electron chi connectivity index (χ2n) is 3.14. The maximum atomic E-state index is 11.1. The lowest BCUT2D eigenvalue weighted by atomic mass is 10.3. The minimum absolute atomic E-state index is 0.101. The monoisotopic (exact) mass is 223 g/mol. The van der Waals surface area contributed by atoms with Crippen molar-refractivity contribution in [3.8, 4) is 6.07 Å². The second kappa shape index (κ2) is 5.47. The average Bonchev–Trinajstić information content (AvgIpc) is 2.66. The number of nitriles is 1. The first kappa shape index (κ1) is 11.7. The van der Waals surface area contributed by atoms with Crippen LogP contribution in [0.4, 0.5) is 0 Å². The zero-order valence-electron chi connectivity index (χ0n) is 8.78. The fourth-order valence-electron chi connectivity index (χ4n) is 1.11. The van der Waals surface area contributed by atoms with Crippen molar-refractivity contribution < 1.29 is 4.79 Å². The molecule has 4 nitrogen and oxygen atoms in total. The quantitative estimate of drug-likeness (QED) is 0.846. The van der Waals surface area contributed by atoms with Crippen LogP contribution in [0.1, 0.15) is 36.2 Å². The van der Waals surface area contributed by atoms with Crippen LogP contribution >= 0.6 is 11.3 Å². The zero-order chi connectivity index (χ0) is 11.3. The molecule has 0 bridgehead atoms. The van der Waals surface area contributed by atoms with E-state index in [1.165, 1.54) is 4.88 Å². The van der Waals surface area contributed by atoms with Gasteiger partial charge in [0.15, 0.2) is 0 Å². The molecule has 0 aliphatic carbocycles. The van der Waals surface area contributed by atoms with Gasteiger partial charge in [0.2, 0.25) is 5.91 Å². The predicted molar refractivity (Wildman–Crippen MR) is 58.3 cm³/mol. The Labute approximate surface area is 92.9 Å². The highest BCUT2D eigenvalue weighted by Crippen LogP contribution is 2.20. The van der Waals surface area contributed by atoms with Gasteiger partial charge in [0.05, 0.1) is 12.1 Å². The summed E-state index contributed by atoms with van der Waals surface area (Å²) in [7, 11) is 0. The molecule has 0 saturated carbocycles. The van der Waals surface area contributed by atoms with Crippen LogP contribution in [0.5, 0.6) is 0 Å². The Balaban J connectivity index is 2.57. The van der Waals surface area contributed by atoms with E-state index >= 15 is 0 Å². The van der Waals surface area contributed by atoms with E-state index < -0.39 is 0 Å². The molecule has 1 heterocycles. The summed E-state index contributed by atoms with van der Waals surface area (Å²) in [4.78, 5) is 16.6. The molecule has 1 N–H and O–H groups in total. The molecule has 1 unspecified atom stereocenters. The Bertz CT molecular complexity index is 380. The molecule has 80 valence electrons. The lowest BCUT2D eigenvalue weighted by molar-refractivity contribution is -0.120. The predicted octanol–water partition coefficient (Wildman–Crippen LogP) is 1.80. The Morgan fingerprint density at radius 1 is 1.80 bits per heavy atom. The summed E-state index contributed by atoms with van der Waals surface area (Å²) in [5.41, 5.74) is 0. The van der Waals surface area contributed by atoms with E-state index in [0.717, 1.165) is 11.4 Å². The third-order valence-corrected chi connectivity index (χ3v) is 3.23. The van der Waals surface area contributed by atoms with Gasteiger partial charge in [-0.25, -0.2) is 4.98 Å². The van der Waals surface area contributed by atoms with Crippen LogP contribution in [-0.4, -0.2) is 10.9 Å². The van der Waals surface area contributed by atoms with E-state index in [1.807, 2.05) is 19.2 Å². The van der Waals surface area contributed by atoms with Gasteiger partial charge in [-0.2, -0.15) is 5.26 Å². The highest BCUT2D eigenvalue weighted by Gasteiger charge is 2.12. The van der Waals surface area contributed by atoms with Crippen molar-refractivity contribution in [3.63, 3.8) is 0 Å². The van der Waals surface area contributed by atoms with Crippen molar-refractivity contribution in [3.05, 3.63) is 16.1 Å². The molecular formula is C10H13N3OS. The Morgan fingerprint density at radius 2 is 2.53 bits per heavy atom. The molecule has 1 aromatic heterocycles. The molecular weight excluding hydrogens is 210 g/mol. The number of amides is 1. The third kappa shape index (κ3) is 3.33. The van der Waals surface area contributed by atoms with Gasteiger partial charge in [0.25, 0.3) is 0 Å². The summed E-state index contributed by atoms with van der Waals surface area (Å²) in [5, 5.41) is 11.9. The van der Waals surface area contributed by atoms with Gasteiger partial charge in [-0.1, -0.05) is 6.92 Å². The maximum absolute atomic E-state index is 11.1. The van der Waals surface area contributed by atoms with Gasteiger partial charge in [-0.15, -0.1) is 11.3 Å². The molecule has 0 saturated heterocycles. The smallest absolute Gasteiger partial charge is 0.234 e. The minimum Gasteiger partial charge on any atom is -0.346 e. The van der Waals surface area contributed by atoms with Gasteiger partial charge >= 0.3 is 0 Å². The Morgan fingerprint density at radius 3 is 3.07 bits per heavy atom. The van der Waals surface area contributed by atoms with Crippen LogP contribution in [-0.2, 0) is 11.2 Å². The number of carbonyl (C=O) groups is 1. The summed E-state index contributed by atoms with van der Waals surface area (Å²) < 4.78 is 0. The fourth-order valence-corrected chi connectivity index (χ4v) is 1.97. The number of thiazole rings is 1. The molecule has 0 radical (unpaired) electrons. The van der Waals surface area contributed by atoms with E-state index in [0.29, 0.717) is 0 Å². The Kier molecular flexibility index (Phi) is 4.25. The fraction of sp³-hybridized carbons (Fsp3) is 0.500. The number of carbonyl (C=O) groups excluding carboxylic acids is 1. The lowest BCUT2D eigenvalue weighted by Gasteiger charge is -2.08. The normalized spacial score (nSPS) is 11.8. The van der Waals surface area contributed by atoms with E-state index in [1.54, 1.807) is 11.3 Å². The highest BCUT2D eigenvalue weighted by atomic mass is 32.1. The SMILES string of the molecule is CCc1cnc(C(C)NC(=O)CC#N)s1. The largest absolute Gasteiger partial charge is 0.346 e. The van der Waals surface area contributed by atoms with Gasteiger partial charge in [-0.3, -0.25) is 4.79 Å². The third-order valence-electron chi connectivity index (χ3n) is 1.91. The van der Waals surface area contributed by atoms with Crippen molar-refractivity contribution in [1.29, 1.82) is 5.26 Å². The zero-order valence-corrected chi connectivity index (χ0v) is 9.60. The molecule has 1 atom stereocenters. The number of nitrogens with one attached hydrogen (secondary N) is 1. The molecule has 1 amide bonds. The highest BCUT2D eigenvalue weighted by molar-refractivity contribution is 7.11. The Hall–Kier alpha value is -1.41. The summed E-state index contributed by atoms with van der Waals surface area (Å²) in [6, 6.07) is 1.70. The standard InChI is InChI=1S/C10H13N3OS/c1-3-8-6-12-10(15-8)7(2)13-9(14)4-5-11/h6-7H,3-4H2,1-2H3,(H,13,14). The number of aromatic nitrogens is 1. The molecule has 15 heavy (non-hydrogen) atoms. The van der Waals surface area contributed by atoms with E-state index in [9.17, 15) is 4.79 Å². The van der Waals surface area contributed by atoms with Crippen LogP contribution in [0, 0.1) is 11.3 Å². The van der Waals surface area contributed by atoms with Gasteiger partial charge in [-0.05, 0) is 13.3 Å². The number of hydrogen-bond donors (Lipinski definition) is 1. The first-order chi connectivity index (χ1) is 7.17. The topological polar surface area (TPSA) is 65.8 Å². The van der Waals surface area contributed by atoms with E-state index in [-0.39, 0.29) is 18.4 Å². The van der Waals surface area contributed by atoms with Crippen LogP contribution in [0.25, 0.3) is 0 Å². The minimum atomic E-state index is -0.252. The van der Waals surface area contributed by atoms with Crippen molar-refractivity contribution in [2.45, 2.75) is 32.7 Å². The van der Waals surface area contributed by atoms with Crippen molar-refractivity contribution in [2.75, 3.05) is 0 Å². The summed E-state index contributed by atoms with van der Waals surface area (Å²) in [6.07, 6.45) is 2.68. The molecule has 0 spiro atoms. The molecule has 0 aliphatic heterocycles. The first-order valence-electron chi connectivity index (χ1n) is 4.78.